The van der Waals surface area contributed by atoms with Crippen LogP contribution in [0.15, 0.2) is 36.5 Å². The minimum Gasteiger partial charge on any atom is -0.480 e. The molecule has 8 nitrogen and oxygen atoms in total. The Morgan fingerprint density at radius 3 is 2.45 bits per heavy atom. The van der Waals surface area contributed by atoms with E-state index in [1.807, 2.05) is 19.1 Å². The number of β-lactam (4-membered cyclic amide) rings is 1. The number of benzene rings is 1. The Balaban J connectivity index is 0.000000313. The predicted octanol–water partition coefficient (Wildman–Crippen LogP) is 2.39. The number of nitrogens with zero attached hydrogens (tertiary/aromatic N) is 2. The molecule has 1 saturated heterocycles. The van der Waals surface area contributed by atoms with Gasteiger partial charge in [-0.3, -0.25) is 4.79 Å². The number of nitrogens with one attached hydrogen (secondary N) is 1. The summed E-state index contributed by atoms with van der Waals surface area (Å²) in [5.74, 6) is -3.36. The summed E-state index contributed by atoms with van der Waals surface area (Å²) in [5, 5.41) is 11.2. The lowest BCUT2D eigenvalue weighted by Crippen LogP contribution is -2.61. The average molecular weight is 406 g/mol. The summed E-state index contributed by atoms with van der Waals surface area (Å²) in [7, 11) is 0. The molecule has 1 aromatic heterocycles. The van der Waals surface area contributed by atoms with Crippen LogP contribution in [0.5, 0.6) is 0 Å². The molecule has 1 aromatic carbocycles. The molecule has 3 amide bonds. The average Bonchev–Trinajstić information content (AvgIpc) is 2.61. The molecule has 1 aliphatic heterocycles. The van der Waals surface area contributed by atoms with Crippen LogP contribution in [0.4, 0.5) is 19.4 Å². The smallest absolute Gasteiger partial charge is 0.327 e. The van der Waals surface area contributed by atoms with Crippen molar-refractivity contribution in [3.8, 4) is 0 Å². The molecular formula is C19H20F2N4O4. The summed E-state index contributed by atoms with van der Waals surface area (Å²) < 4.78 is 25.9. The van der Waals surface area contributed by atoms with Gasteiger partial charge in [-0.05, 0) is 49.2 Å². The number of aromatic nitrogens is 1. The number of imide groups is 1. The highest BCUT2D eigenvalue weighted by Gasteiger charge is 2.45. The van der Waals surface area contributed by atoms with Crippen molar-refractivity contribution in [2.75, 3.05) is 5.73 Å². The van der Waals surface area contributed by atoms with Crippen molar-refractivity contribution >= 4 is 23.7 Å². The number of pyridine rings is 1. The van der Waals surface area contributed by atoms with E-state index >= 15 is 0 Å². The third-order valence-corrected chi connectivity index (χ3v) is 4.17. The summed E-state index contributed by atoms with van der Waals surface area (Å²) >= 11 is 0. The number of aliphatic carboxylic acids is 1. The Labute approximate surface area is 165 Å². The zero-order chi connectivity index (χ0) is 21.7. The zero-order valence-corrected chi connectivity index (χ0v) is 15.7. The van der Waals surface area contributed by atoms with E-state index in [1.165, 1.54) is 13.0 Å². The number of amides is 3. The molecule has 0 saturated carbocycles. The number of anilines is 1. The molecule has 0 bridgehead atoms. The lowest BCUT2D eigenvalue weighted by Gasteiger charge is -2.36. The Morgan fingerprint density at radius 1 is 1.28 bits per heavy atom. The fourth-order valence-electron chi connectivity index (χ4n) is 2.55. The number of aryl methyl sites for hydroxylation is 1. The molecule has 0 spiro atoms. The Bertz CT molecular complexity index is 921. The second-order valence-corrected chi connectivity index (χ2v) is 6.42. The van der Waals surface area contributed by atoms with Gasteiger partial charge in [0.05, 0.1) is 12.5 Å². The van der Waals surface area contributed by atoms with Crippen LogP contribution in [-0.4, -0.2) is 38.9 Å². The number of nitrogen functional groups attached to an aromatic ring is 1. The van der Waals surface area contributed by atoms with Crippen LogP contribution in [0, 0.1) is 18.6 Å². The summed E-state index contributed by atoms with van der Waals surface area (Å²) in [6, 6.07) is 4.10. The van der Waals surface area contributed by atoms with Gasteiger partial charge >= 0.3 is 12.0 Å². The van der Waals surface area contributed by atoms with Gasteiger partial charge in [-0.2, -0.15) is 0 Å². The number of carboxylic acids is 1. The summed E-state index contributed by atoms with van der Waals surface area (Å²) in [4.78, 5) is 38.4. The molecule has 2 aromatic rings. The van der Waals surface area contributed by atoms with E-state index in [9.17, 15) is 23.2 Å². The molecule has 2 heterocycles. The highest BCUT2D eigenvalue weighted by molar-refractivity contribution is 6.05. The topological polar surface area (TPSA) is 126 Å². The Kier molecular flexibility index (Phi) is 6.81. The van der Waals surface area contributed by atoms with Crippen LogP contribution < -0.4 is 11.1 Å². The number of rotatable bonds is 3. The van der Waals surface area contributed by atoms with Crippen LogP contribution >= 0.6 is 0 Å². The van der Waals surface area contributed by atoms with E-state index in [-0.39, 0.29) is 6.42 Å². The lowest BCUT2D eigenvalue weighted by molar-refractivity contribution is -0.157. The van der Waals surface area contributed by atoms with E-state index in [0.717, 1.165) is 17.7 Å². The van der Waals surface area contributed by atoms with Crippen molar-refractivity contribution in [1.29, 1.82) is 0 Å². The highest BCUT2D eigenvalue weighted by Crippen LogP contribution is 2.21. The zero-order valence-electron chi connectivity index (χ0n) is 15.7. The largest absolute Gasteiger partial charge is 0.480 e. The van der Waals surface area contributed by atoms with E-state index in [4.69, 9.17) is 10.8 Å². The molecule has 1 aliphatic rings. The number of carbonyl (C=O) groups is 3. The van der Waals surface area contributed by atoms with Crippen LogP contribution in [0.25, 0.3) is 0 Å². The molecular weight excluding hydrogens is 386 g/mol. The van der Waals surface area contributed by atoms with Crippen LogP contribution in [-0.2, 0) is 9.59 Å². The first-order valence-corrected chi connectivity index (χ1v) is 8.58. The van der Waals surface area contributed by atoms with Gasteiger partial charge < -0.3 is 16.2 Å². The number of hydrogen-bond acceptors (Lipinski definition) is 5. The number of hydrogen-bond donors (Lipinski definition) is 3. The number of likely N-dealkylation sites (tertiary alicyclic amines) is 1. The van der Waals surface area contributed by atoms with Crippen LogP contribution in [0.1, 0.15) is 30.5 Å². The first-order valence-electron chi connectivity index (χ1n) is 8.58. The van der Waals surface area contributed by atoms with E-state index in [2.05, 4.69) is 10.3 Å². The van der Waals surface area contributed by atoms with Crippen LogP contribution in [0.2, 0.25) is 0 Å². The first kappa shape index (κ1) is 21.7. The predicted molar refractivity (Wildman–Crippen MR) is 99.6 cm³/mol. The molecule has 3 rings (SSSR count). The van der Waals surface area contributed by atoms with Crippen molar-refractivity contribution in [1.82, 2.24) is 15.2 Å². The van der Waals surface area contributed by atoms with Gasteiger partial charge in [-0.25, -0.2) is 28.3 Å². The van der Waals surface area contributed by atoms with Crippen molar-refractivity contribution in [3.63, 3.8) is 0 Å². The quantitative estimate of drug-likeness (QED) is 0.672. The molecule has 154 valence electrons. The van der Waals surface area contributed by atoms with Gasteiger partial charge in [0, 0.05) is 6.20 Å². The minimum atomic E-state index is -1.27. The molecule has 4 N–H and O–H groups in total. The van der Waals surface area contributed by atoms with E-state index in [0.29, 0.717) is 16.3 Å². The molecule has 2 atom stereocenters. The number of urea groups is 1. The van der Waals surface area contributed by atoms with E-state index < -0.39 is 41.6 Å². The maximum absolute atomic E-state index is 13.1. The SMILES string of the molecule is CC(NC(=O)N1C(=O)C[C@H]1C(=O)O)c1ccc(F)c(F)c1.Cc1ccnc(N)c1. The number of carbonyl (C=O) groups excluding carboxylic acids is 2. The number of nitrogens with two attached hydrogens (primary N) is 1. The third kappa shape index (κ3) is 5.47. The Hall–Kier alpha value is -3.56. The molecule has 1 unspecified atom stereocenters. The monoisotopic (exact) mass is 406 g/mol. The molecule has 1 fully saturated rings. The maximum Gasteiger partial charge on any atom is 0.327 e. The van der Waals surface area contributed by atoms with Gasteiger partial charge in [-0.1, -0.05) is 6.07 Å². The lowest BCUT2D eigenvalue weighted by atomic mass is 10.0. The normalized spacial score (nSPS) is 16.2. The fraction of sp³-hybridized carbons (Fsp3) is 0.263. The number of halogens is 2. The third-order valence-electron chi connectivity index (χ3n) is 4.17. The molecule has 0 radical (unpaired) electrons. The summed E-state index contributed by atoms with van der Waals surface area (Å²) in [6.07, 6.45) is 1.47. The standard InChI is InChI=1S/C13H12F2N2O4.C6H8N2/c1-6(7-2-3-8(14)9(15)4-7)16-13(21)17-10(12(19)20)5-11(17)18;1-5-2-3-8-6(7)4-5/h2-4,6,10H,5H2,1H3,(H,16,21)(H,19,20);2-4H,1H3,(H2,7,8)/t6?,10-;/m0./s1. The molecule has 10 heteroatoms. The highest BCUT2D eigenvalue weighted by atomic mass is 19.2. The van der Waals surface area contributed by atoms with Crippen molar-refractivity contribution in [2.24, 2.45) is 0 Å². The summed E-state index contributed by atoms with van der Waals surface area (Å²) in [5.41, 5.74) is 6.79. The van der Waals surface area contributed by atoms with Gasteiger partial charge in [0.2, 0.25) is 5.91 Å². The maximum atomic E-state index is 13.1. The van der Waals surface area contributed by atoms with Crippen molar-refractivity contribution in [2.45, 2.75) is 32.4 Å². The number of carboxylic acid groups (broad SMARTS) is 1. The van der Waals surface area contributed by atoms with E-state index in [1.54, 1.807) is 6.20 Å². The van der Waals surface area contributed by atoms with Gasteiger partial charge in [0.15, 0.2) is 11.6 Å². The second-order valence-electron chi connectivity index (χ2n) is 6.42. The van der Waals surface area contributed by atoms with Crippen molar-refractivity contribution in [3.05, 3.63) is 59.3 Å². The van der Waals surface area contributed by atoms with Gasteiger partial charge in [0.25, 0.3) is 0 Å². The minimum absolute atomic E-state index is 0.234. The van der Waals surface area contributed by atoms with Gasteiger partial charge in [0.1, 0.15) is 11.9 Å². The summed E-state index contributed by atoms with van der Waals surface area (Å²) in [6.45, 7) is 3.49. The first-order chi connectivity index (χ1) is 13.6. The van der Waals surface area contributed by atoms with Gasteiger partial charge in [-0.15, -0.1) is 0 Å². The molecule has 0 aliphatic carbocycles. The van der Waals surface area contributed by atoms with Crippen molar-refractivity contribution < 1.29 is 28.3 Å². The van der Waals surface area contributed by atoms with Crippen LogP contribution in [0.3, 0.4) is 0 Å². The molecule has 29 heavy (non-hydrogen) atoms. The fourth-order valence-corrected chi connectivity index (χ4v) is 2.55. The second kappa shape index (κ2) is 9.09. The Morgan fingerprint density at radius 2 is 1.97 bits per heavy atom.